The zero-order valence-corrected chi connectivity index (χ0v) is 10.3. The van der Waals surface area contributed by atoms with Gasteiger partial charge in [0, 0.05) is 6.04 Å². The number of carboxylic acids is 1. The molecule has 98 valence electrons. The summed E-state index contributed by atoms with van der Waals surface area (Å²) in [5.41, 5.74) is -1.12. The van der Waals surface area contributed by atoms with Gasteiger partial charge in [-0.2, -0.15) is 0 Å². The topological polar surface area (TPSA) is 72.2 Å². The Hall–Kier alpha value is -1.95. The first-order valence-electron chi connectivity index (χ1n) is 5.63. The molecular formula is C12H8ClFN2O3. The van der Waals surface area contributed by atoms with Crippen molar-refractivity contribution in [2.24, 2.45) is 0 Å². The number of halogens is 2. The molecule has 1 saturated carbocycles. The van der Waals surface area contributed by atoms with Gasteiger partial charge in [-0.1, -0.05) is 11.6 Å². The standard InChI is InChI=1S/C12H8ClFN2O3/c13-10-8(12(18)19)9(17)7-3-5(14)4-15-11(7)16(10)6-1-2-6/h3-4,6H,1-2H2,(H,18,19). The third kappa shape index (κ3) is 1.79. The summed E-state index contributed by atoms with van der Waals surface area (Å²) in [6.07, 6.45) is 2.64. The first-order valence-corrected chi connectivity index (χ1v) is 6.01. The average Bonchev–Trinajstić information content (AvgIpc) is 3.14. The molecule has 19 heavy (non-hydrogen) atoms. The van der Waals surface area contributed by atoms with Gasteiger partial charge >= 0.3 is 5.97 Å². The highest BCUT2D eigenvalue weighted by Gasteiger charge is 2.31. The minimum atomic E-state index is -1.42. The van der Waals surface area contributed by atoms with E-state index in [9.17, 15) is 14.0 Å². The van der Waals surface area contributed by atoms with Crippen molar-refractivity contribution in [3.63, 3.8) is 0 Å². The van der Waals surface area contributed by atoms with Crippen molar-refractivity contribution < 1.29 is 14.3 Å². The molecule has 2 aromatic rings. The first-order chi connectivity index (χ1) is 9.00. The second kappa shape index (κ2) is 4.03. The highest BCUT2D eigenvalue weighted by molar-refractivity contribution is 6.33. The number of aromatic nitrogens is 2. The van der Waals surface area contributed by atoms with Crippen LogP contribution in [0.3, 0.4) is 0 Å². The largest absolute Gasteiger partial charge is 0.477 e. The van der Waals surface area contributed by atoms with Gasteiger partial charge in [0.25, 0.3) is 0 Å². The molecule has 3 rings (SSSR count). The van der Waals surface area contributed by atoms with Crippen molar-refractivity contribution in [1.82, 2.24) is 9.55 Å². The van der Waals surface area contributed by atoms with Crippen LogP contribution in [0.4, 0.5) is 4.39 Å². The normalized spacial score (nSPS) is 14.8. The molecule has 1 aliphatic rings. The lowest BCUT2D eigenvalue weighted by molar-refractivity contribution is 0.0695. The fourth-order valence-electron chi connectivity index (χ4n) is 2.08. The van der Waals surface area contributed by atoms with E-state index in [-0.39, 0.29) is 22.2 Å². The monoisotopic (exact) mass is 282 g/mol. The van der Waals surface area contributed by atoms with Crippen molar-refractivity contribution in [2.75, 3.05) is 0 Å². The molecule has 0 radical (unpaired) electrons. The van der Waals surface area contributed by atoms with Crippen LogP contribution in [0.15, 0.2) is 17.1 Å². The molecule has 1 aliphatic carbocycles. The summed E-state index contributed by atoms with van der Waals surface area (Å²) in [5.74, 6) is -2.11. The van der Waals surface area contributed by atoms with Crippen LogP contribution in [-0.4, -0.2) is 20.6 Å². The van der Waals surface area contributed by atoms with Gasteiger partial charge in [-0.05, 0) is 18.9 Å². The lowest BCUT2D eigenvalue weighted by atomic mass is 10.2. The van der Waals surface area contributed by atoms with Crippen molar-refractivity contribution in [2.45, 2.75) is 18.9 Å². The minimum Gasteiger partial charge on any atom is -0.477 e. The molecule has 0 bridgehead atoms. The Morgan fingerprint density at radius 3 is 2.79 bits per heavy atom. The molecule has 5 nitrogen and oxygen atoms in total. The van der Waals surface area contributed by atoms with E-state index < -0.39 is 22.8 Å². The predicted octanol–water partition coefficient (Wildman–Crippen LogP) is 2.22. The second-order valence-electron chi connectivity index (χ2n) is 4.43. The minimum absolute atomic E-state index is 0.0201. The predicted molar refractivity (Wildman–Crippen MR) is 66.2 cm³/mol. The summed E-state index contributed by atoms with van der Waals surface area (Å²) in [7, 11) is 0. The molecule has 0 spiro atoms. The van der Waals surface area contributed by atoms with Gasteiger partial charge in [-0.25, -0.2) is 14.2 Å². The molecule has 0 amide bonds. The molecule has 1 N–H and O–H groups in total. The van der Waals surface area contributed by atoms with Crippen molar-refractivity contribution in [3.8, 4) is 0 Å². The van der Waals surface area contributed by atoms with E-state index in [1.807, 2.05) is 0 Å². The Morgan fingerprint density at radius 2 is 2.21 bits per heavy atom. The fraction of sp³-hybridized carbons (Fsp3) is 0.250. The van der Waals surface area contributed by atoms with E-state index in [1.165, 1.54) is 4.57 Å². The van der Waals surface area contributed by atoms with Gasteiger partial charge in [0.1, 0.15) is 22.2 Å². The van der Waals surface area contributed by atoms with Crippen molar-refractivity contribution in [1.29, 1.82) is 0 Å². The van der Waals surface area contributed by atoms with Crippen LogP contribution in [-0.2, 0) is 0 Å². The summed E-state index contributed by atoms with van der Waals surface area (Å²) in [5, 5.41) is 8.88. The number of nitrogens with zero attached hydrogens (tertiary/aromatic N) is 2. The molecule has 0 aliphatic heterocycles. The number of carboxylic acid groups (broad SMARTS) is 1. The maximum Gasteiger partial charge on any atom is 0.342 e. The molecule has 2 heterocycles. The first kappa shape index (κ1) is 12.1. The van der Waals surface area contributed by atoms with E-state index in [0.717, 1.165) is 25.1 Å². The van der Waals surface area contributed by atoms with E-state index >= 15 is 0 Å². The zero-order chi connectivity index (χ0) is 13.7. The van der Waals surface area contributed by atoms with Crippen LogP contribution in [0.1, 0.15) is 29.2 Å². The van der Waals surface area contributed by atoms with Gasteiger partial charge < -0.3 is 9.67 Å². The highest BCUT2D eigenvalue weighted by atomic mass is 35.5. The molecule has 1 fully saturated rings. The Bertz CT molecular complexity index is 768. The lowest BCUT2D eigenvalue weighted by Gasteiger charge is -2.13. The molecule has 2 aromatic heterocycles. The van der Waals surface area contributed by atoms with Gasteiger partial charge in [0.15, 0.2) is 0 Å². The maximum atomic E-state index is 13.2. The summed E-state index contributed by atoms with van der Waals surface area (Å²) in [6.45, 7) is 0. The van der Waals surface area contributed by atoms with Crippen LogP contribution < -0.4 is 5.43 Å². The number of hydrogen-bond donors (Lipinski definition) is 1. The van der Waals surface area contributed by atoms with E-state index in [1.54, 1.807) is 0 Å². The number of rotatable bonds is 2. The lowest BCUT2D eigenvalue weighted by Crippen LogP contribution is -2.21. The Morgan fingerprint density at radius 1 is 1.53 bits per heavy atom. The van der Waals surface area contributed by atoms with E-state index in [0.29, 0.717) is 0 Å². The Balaban J connectivity index is 2.51. The van der Waals surface area contributed by atoms with Gasteiger partial charge in [-0.15, -0.1) is 0 Å². The Kier molecular flexibility index (Phi) is 2.56. The molecule has 0 unspecified atom stereocenters. The average molecular weight is 283 g/mol. The smallest absolute Gasteiger partial charge is 0.342 e. The summed E-state index contributed by atoms with van der Waals surface area (Å²) < 4.78 is 14.7. The summed E-state index contributed by atoms with van der Waals surface area (Å²) in [6, 6.07) is 1.01. The fourth-order valence-corrected chi connectivity index (χ4v) is 2.47. The van der Waals surface area contributed by atoms with Gasteiger partial charge in [0.2, 0.25) is 5.43 Å². The Labute approximate surface area is 111 Å². The highest BCUT2D eigenvalue weighted by Crippen LogP contribution is 2.39. The van der Waals surface area contributed by atoms with E-state index in [2.05, 4.69) is 4.98 Å². The molecular weight excluding hydrogens is 275 g/mol. The van der Waals surface area contributed by atoms with Crippen LogP contribution in [0.5, 0.6) is 0 Å². The molecule has 0 atom stereocenters. The second-order valence-corrected chi connectivity index (χ2v) is 4.78. The van der Waals surface area contributed by atoms with E-state index in [4.69, 9.17) is 16.7 Å². The summed E-state index contributed by atoms with van der Waals surface area (Å²) in [4.78, 5) is 27.1. The van der Waals surface area contributed by atoms with Gasteiger partial charge in [-0.3, -0.25) is 4.79 Å². The quantitative estimate of drug-likeness (QED) is 0.857. The summed E-state index contributed by atoms with van der Waals surface area (Å²) >= 11 is 6.01. The number of hydrogen-bond acceptors (Lipinski definition) is 3. The number of aromatic carboxylic acids is 1. The van der Waals surface area contributed by atoms with Crippen molar-refractivity contribution >= 4 is 28.6 Å². The maximum absolute atomic E-state index is 13.2. The van der Waals surface area contributed by atoms with Crippen LogP contribution in [0.25, 0.3) is 11.0 Å². The van der Waals surface area contributed by atoms with Gasteiger partial charge in [0.05, 0.1) is 11.6 Å². The number of pyridine rings is 2. The third-order valence-electron chi connectivity index (χ3n) is 3.08. The number of carbonyl (C=O) groups is 1. The molecule has 0 saturated heterocycles. The zero-order valence-electron chi connectivity index (χ0n) is 9.56. The molecule has 7 heteroatoms. The van der Waals surface area contributed by atoms with Crippen LogP contribution in [0, 0.1) is 5.82 Å². The van der Waals surface area contributed by atoms with Crippen molar-refractivity contribution in [3.05, 3.63) is 39.0 Å². The van der Waals surface area contributed by atoms with Crippen LogP contribution >= 0.6 is 11.6 Å². The number of fused-ring (bicyclic) bond motifs is 1. The third-order valence-corrected chi connectivity index (χ3v) is 3.45. The SMILES string of the molecule is O=C(O)c1c(Cl)n(C2CC2)c2ncc(F)cc2c1=O. The van der Waals surface area contributed by atoms with Crippen LogP contribution in [0.2, 0.25) is 5.15 Å². The molecule has 0 aromatic carbocycles.